The van der Waals surface area contributed by atoms with Crippen LogP contribution in [0.15, 0.2) is 0 Å². The van der Waals surface area contributed by atoms with Crippen LogP contribution in [0.4, 0.5) is 0 Å². The molecule has 0 aliphatic carbocycles. The Labute approximate surface area is 143 Å². The molecule has 0 aliphatic rings. The van der Waals surface area contributed by atoms with Crippen molar-refractivity contribution in [3.05, 3.63) is 15.3 Å². The maximum absolute atomic E-state index is 8.52. The van der Waals surface area contributed by atoms with Gasteiger partial charge < -0.3 is 24.4 Å². The third-order valence-electron chi connectivity index (χ3n) is 0. The van der Waals surface area contributed by atoms with Crippen LogP contribution in [-0.2, 0) is 27.5 Å². The van der Waals surface area contributed by atoms with Crippen LogP contribution >= 0.6 is 0 Å². The molecule has 0 atom stereocenters. The number of hydrogen-bond donors (Lipinski definition) is 0. The Hall–Kier alpha value is 2.23. The van der Waals surface area contributed by atoms with E-state index >= 15 is 0 Å². The summed E-state index contributed by atoms with van der Waals surface area (Å²) in [6, 6.07) is 0. The van der Waals surface area contributed by atoms with E-state index in [0.29, 0.717) is 0 Å². The maximum Gasteiger partial charge on any atom is 2.00 e. The van der Waals surface area contributed by atoms with Crippen molar-refractivity contribution < 1.29 is 121 Å². The van der Waals surface area contributed by atoms with E-state index in [0.717, 1.165) is 0 Å². The van der Waals surface area contributed by atoms with E-state index < -0.39 is 15.5 Å². The molecular weight excluding hydrogens is 276 g/mol. The normalized spacial score (nSPS) is 6.83. The van der Waals surface area contributed by atoms with Gasteiger partial charge in [-0.05, 0) is 0 Å². The van der Waals surface area contributed by atoms with Crippen LogP contribution in [0.5, 0.6) is 0 Å². The standard InChI is InChI=1S/Fe.K.NO3.Na.H2O4S/c;;2-1(3)4;;1-5(2,3)4/h;;;;(H2,1,2,3,4)/q+2;+1;-1;+1;/p-2. The molecule has 0 heterocycles. The molecule has 0 aromatic heterocycles. The third kappa shape index (κ3) is 311. The topological polar surface area (TPSA) is 146 Å². The molecule has 12 heavy (non-hydrogen) atoms. The van der Waals surface area contributed by atoms with Crippen molar-refractivity contribution in [1.82, 2.24) is 0 Å². The largest absolute Gasteiger partial charge is 2.00 e. The first kappa shape index (κ1) is 29.2. The van der Waals surface area contributed by atoms with E-state index in [4.69, 9.17) is 32.8 Å². The van der Waals surface area contributed by atoms with Crippen LogP contribution in [0, 0.1) is 15.3 Å². The molecule has 0 unspecified atom stereocenters. The first-order valence-electron chi connectivity index (χ1n) is 1.21. The molecule has 0 rings (SSSR count). The van der Waals surface area contributed by atoms with Gasteiger partial charge in [0.1, 0.15) is 0 Å². The summed E-state index contributed by atoms with van der Waals surface area (Å²) in [6.45, 7) is 0. The fourth-order valence-corrected chi connectivity index (χ4v) is 0. The first-order chi connectivity index (χ1) is 3.73. The molecule has 8 nitrogen and oxygen atoms in total. The summed E-state index contributed by atoms with van der Waals surface area (Å²) in [5.74, 6) is 0. The zero-order valence-corrected chi connectivity index (χ0v) is 13.1. The van der Waals surface area contributed by atoms with Crippen molar-refractivity contribution in [1.29, 1.82) is 0 Å². The van der Waals surface area contributed by atoms with Crippen molar-refractivity contribution in [3.63, 3.8) is 0 Å². The summed E-state index contributed by atoms with van der Waals surface area (Å²) in [5, 5.41) is 14.8. The van der Waals surface area contributed by atoms with Crippen molar-refractivity contribution in [2.75, 3.05) is 0 Å². The molecule has 0 aromatic rings. The zero-order valence-electron chi connectivity index (χ0n) is 6.07. The van der Waals surface area contributed by atoms with Crippen molar-refractivity contribution in [2.45, 2.75) is 0 Å². The van der Waals surface area contributed by atoms with Gasteiger partial charge in [-0.3, -0.25) is 8.42 Å². The average molecular weight is 276 g/mol. The molecular formula is FeKNNaO7S+. The molecule has 0 spiro atoms. The molecule has 0 N–H and O–H groups in total. The van der Waals surface area contributed by atoms with E-state index in [1.807, 2.05) is 0 Å². The predicted octanol–water partition coefficient (Wildman–Crippen LogP) is -7.57. The summed E-state index contributed by atoms with van der Waals surface area (Å²) in [4.78, 5) is 8.25. The Bertz CT molecular complexity index is 166. The van der Waals surface area contributed by atoms with Crippen molar-refractivity contribution in [2.24, 2.45) is 0 Å². The van der Waals surface area contributed by atoms with E-state index in [2.05, 4.69) is 0 Å². The van der Waals surface area contributed by atoms with Gasteiger partial charge in [0, 0.05) is 10.4 Å². The summed E-state index contributed by atoms with van der Waals surface area (Å²) in [7, 11) is -5.17. The molecule has 0 saturated heterocycles. The molecule has 0 bridgehead atoms. The maximum atomic E-state index is 8.52. The number of rotatable bonds is 0. The molecule has 0 aliphatic heterocycles. The van der Waals surface area contributed by atoms with Gasteiger partial charge in [0.15, 0.2) is 0 Å². The Morgan fingerprint density at radius 1 is 1.08 bits per heavy atom. The second kappa shape index (κ2) is 15.7. The quantitative estimate of drug-likeness (QED) is 0.140. The minimum Gasteiger partial charge on any atom is -0.759 e. The molecule has 62 valence electrons. The number of nitrogens with zero attached hydrogens (tertiary/aromatic N) is 1. The molecule has 0 fully saturated rings. The third-order valence-corrected chi connectivity index (χ3v) is 0. The summed E-state index contributed by atoms with van der Waals surface area (Å²) >= 11 is 0. The second-order valence-electron chi connectivity index (χ2n) is 0.632. The summed E-state index contributed by atoms with van der Waals surface area (Å²) in [5.41, 5.74) is 0. The van der Waals surface area contributed by atoms with E-state index in [1.54, 1.807) is 0 Å². The second-order valence-corrected chi connectivity index (χ2v) is 1.45. The molecule has 0 aromatic carbocycles. The van der Waals surface area contributed by atoms with Gasteiger partial charge in [0.25, 0.3) is 0 Å². The minimum atomic E-state index is -5.17. The van der Waals surface area contributed by atoms with Gasteiger partial charge in [-0.1, -0.05) is 0 Å². The fourth-order valence-electron chi connectivity index (χ4n) is 0. The van der Waals surface area contributed by atoms with Gasteiger partial charge in [0.2, 0.25) is 0 Å². The van der Waals surface area contributed by atoms with Gasteiger partial charge in [-0.2, -0.15) is 0 Å². The van der Waals surface area contributed by atoms with Gasteiger partial charge in [0.05, 0.1) is 5.09 Å². The van der Waals surface area contributed by atoms with Crippen LogP contribution in [0.1, 0.15) is 0 Å². The molecule has 12 heteroatoms. The Morgan fingerprint density at radius 3 is 1.08 bits per heavy atom. The van der Waals surface area contributed by atoms with Crippen LogP contribution < -0.4 is 80.9 Å². The van der Waals surface area contributed by atoms with Gasteiger partial charge in [-0.15, -0.1) is 0 Å². The fraction of sp³-hybridized carbons (Fsp3) is 0. The van der Waals surface area contributed by atoms with Crippen LogP contribution in [0.25, 0.3) is 0 Å². The SMILES string of the molecule is O=S(=O)([O-])[O-].O=[N+]([O-])[O-].[Fe+2].[K+].[Na+]. The Balaban J connectivity index is -0.0000000221. The summed E-state index contributed by atoms with van der Waals surface area (Å²) in [6.07, 6.45) is 0. The monoisotopic (exact) mass is 276 g/mol. The van der Waals surface area contributed by atoms with E-state index in [9.17, 15) is 0 Å². The van der Waals surface area contributed by atoms with Crippen molar-refractivity contribution in [3.8, 4) is 0 Å². The predicted molar refractivity (Wildman–Crippen MR) is 20.8 cm³/mol. The molecule has 0 amide bonds. The van der Waals surface area contributed by atoms with E-state index in [1.165, 1.54) is 0 Å². The minimum absolute atomic E-state index is 0. The van der Waals surface area contributed by atoms with Crippen LogP contribution in [-0.4, -0.2) is 22.6 Å². The van der Waals surface area contributed by atoms with Crippen LogP contribution in [0.2, 0.25) is 0 Å². The van der Waals surface area contributed by atoms with Crippen LogP contribution in [0.3, 0.4) is 0 Å². The Kier molecular flexibility index (Phi) is 38.2. The first-order valence-corrected chi connectivity index (χ1v) is 2.55. The smallest absolute Gasteiger partial charge is 0.759 e. The number of hydrogen-bond acceptors (Lipinski definition) is 7. The zero-order chi connectivity index (χ0) is 8.08. The van der Waals surface area contributed by atoms with Gasteiger partial charge in [-0.25, -0.2) is 0 Å². The Morgan fingerprint density at radius 2 is 1.08 bits per heavy atom. The summed E-state index contributed by atoms with van der Waals surface area (Å²) < 4.78 is 34.1. The van der Waals surface area contributed by atoms with E-state index in [-0.39, 0.29) is 98.0 Å². The molecule has 0 radical (unpaired) electrons. The van der Waals surface area contributed by atoms with Crippen molar-refractivity contribution >= 4 is 10.4 Å². The average Bonchev–Trinajstić information content (AvgIpc) is 1.19. The van der Waals surface area contributed by atoms with Gasteiger partial charge >= 0.3 is 98.0 Å². The molecule has 0 saturated carbocycles.